The average molecular weight is 401 g/mol. The Balaban J connectivity index is 2.20. The van der Waals surface area contributed by atoms with E-state index in [1.165, 1.54) is 0 Å². The lowest BCUT2D eigenvalue weighted by Crippen LogP contribution is -2.02. The predicted molar refractivity (Wildman–Crippen MR) is 87.4 cm³/mol. The van der Waals surface area contributed by atoms with Gasteiger partial charge in [-0.25, -0.2) is 4.98 Å². The molecule has 112 valence electrons. The maximum Gasteiger partial charge on any atom is 0.208 e. The second-order valence-electron chi connectivity index (χ2n) is 4.12. The third-order valence-corrected chi connectivity index (χ3v) is 3.65. The maximum absolute atomic E-state index is 5.85. The third kappa shape index (κ3) is 3.69. The highest BCUT2D eigenvalue weighted by atomic mass is 127. The number of ether oxygens (including phenoxy) is 4. The van der Waals surface area contributed by atoms with Crippen molar-refractivity contribution in [2.75, 3.05) is 21.3 Å². The maximum atomic E-state index is 5.85. The molecule has 0 spiro atoms. The van der Waals surface area contributed by atoms with Crippen molar-refractivity contribution in [3.8, 4) is 23.0 Å². The highest BCUT2D eigenvalue weighted by molar-refractivity contribution is 14.1. The first-order valence-electron chi connectivity index (χ1n) is 6.21. The minimum absolute atomic E-state index is 0.400. The molecule has 0 aliphatic heterocycles. The normalized spacial score (nSPS) is 10.1. The second-order valence-corrected chi connectivity index (χ2v) is 5.14. The largest absolute Gasteiger partial charge is 0.497 e. The third-order valence-electron chi connectivity index (χ3n) is 2.88. The molecule has 0 aliphatic carbocycles. The molecule has 0 radical (unpaired) electrons. The Kier molecular flexibility index (Phi) is 5.49. The lowest BCUT2D eigenvalue weighted by molar-refractivity contribution is 0.263. The van der Waals surface area contributed by atoms with Crippen molar-refractivity contribution in [2.45, 2.75) is 6.61 Å². The molecule has 0 amide bonds. The number of nitrogens with zero attached hydrogens (tertiary/aromatic N) is 1. The summed E-state index contributed by atoms with van der Waals surface area (Å²) in [5.74, 6) is 2.48. The fraction of sp³-hybridized carbons (Fsp3) is 0.267. The van der Waals surface area contributed by atoms with E-state index in [9.17, 15) is 0 Å². The van der Waals surface area contributed by atoms with Crippen LogP contribution in [0.15, 0.2) is 30.5 Å². The highest BCUT2D eigenvalue weighted by Gasteiger charge is 2.16. The summed E-state index contributed by atoms with van der Waals surface area (Å²) < 4.78 is 22.3. The van der Waals surface area contributed by atoms with E-state index in [2.05, 4.69) is 27.6 Å². The molecule has 0 N–H and O–H groups in total. The van der Waals surface area contributed by atoms with Crippen molar-refractivity contribution in [1.82, 2.24) is 4.98 Å². The van der Waals surface area contributed by atoms with Crippen LogP contribution in [0.5, 0.6) is 23.0 Å². The highest BCUT2D eigenvalue weighted by Crippen LogP contribution is 2.39. The van der Waals surface area contributed by atoms with Gasteiger partial charge in [-0.1, -0.05) is 12.1 Å². The summed E-state index contributed by atoms with van der Waals surface area (Å²) >= 11 is 2.09. The molecule has 1 aromatic heterocycles. The van der Waals surface area contributed by atoms with Crippen molar-refractivity contribution in [3.63, 3.8) is 0 Å². The van der Waals surface area contributed by atoms with E-state index in [0.717, 1.165) is 15.0 Å². The van der Waals surface area contributed by atoms with Crippen LogP contribution < -0.4 is 18.9 Å². The van der Waals surface area contributed by atoms with Crippen LogP contribution in [0.3, 0.4) is 0 Å². The molecule has 0 aliphatic rings. The van der Waals surface area contributed by atoms with Gasteiger partial charge in [-0.15, -0.1) is 0 Å². The van der Waals surface area contributed by atoms with E-state index in [-0.39, 0.29) is 0 Å². The van der Waals surface area contributed by atoms with Crippen LogP contribution in [0.4, 0.5) is 0 Å². The number of benzene rings is 1. The Hall–Kier alpha value is -1.70. The van der Waals surface area contributed by atoms with Gasteiger partial charge in [-0.05, 0) is 40.3 Å². The summed E-state index contributed by atoms with van der Waals surface area (Å²) in [6, 6.07) is 7.68. The average Bonchev–Trinajstić information content (AvgIpc) is 2.53. The number of aromatic nitrogens is 1. The van der Waals surface area contributed by atoms with Gasteiger partial charge in [0.25, 0.3) is 0 Å². The van der Waals surface area contributed by atoms with E-state index in [1.54, 1.807) is 27.5 Å². The van der Waals surface area contributed by atoms with Gasteiger partial charge >= 0.3 is 0 Å². The minimum atomic E-state index is 0.400. The second kappa shape index (κ2) is 7.35. The Morgan fingerprint density at radius 1 is 0.952 bits per heavy atom. The van der Waals surface area contributed by atoms with Gasteiger partial charge in [0.1, 0.15) is 16.1 Å². The van der Waals surface area contributed by atoms with Gasteiger partial charge in [-0.3, -0.25) is 0 Å². The zero-order valence-electron chi connectivity index (χ0n) is 12.1. The molecule has 2 aromatic rings. The van der Waals surface area contributed by atoms with E-state index in [4.69, 9.17) is 18.9 Å². The molecule has 21 heavy (non-hydrogen) atoms. The number of hydrogen-bond donors (Lipinski definition) is 0. The van der Waals surface area contributed by atoms with Crippen LogP contribution in [-0.2, 0) is 6.61 Å². The number of halogens is 1. The number of hydrogen-bond acceptors (Lipinski definition) is 5. The minimum Gasteiger partial charge on any atom is -0.497 e. The smallest absolute Gasteiger partial charge is 0.208 e. The van der Waals surface area contributed by atoms with E-state index < -0.39 is 0 Å². The predicted octanol–water partition coefficient (Wildman–Crippen LogP) is 3.29. The molecule has 5 nitrogen and oxygen atoms in total. The van der Waals surface area contributed by atoms with Gasteiger partial charge in [-0.2, -0.15) is 0 Å². The van der Waals surface area contributed by atoms with Crippen molar-refractivity contribution < 1.29 is 18.9 Å². The van der Waals surface area contributed by atoms with E-state index in [0.29, 0.717) is 23.9 Å². The summed E-state index contributed by atoms with van der Waals surface area (Å²) in [5.41, 5.74) is 1.02. The summed E-state index contributed by atoms with van der Waals surface area (Å²) in [6.07, 6.45) is 1.62. The van der Waals surface area contributed by atoms with Crippen LogP contribution >= 0.6 is 22.6 Å². The quantitative estimate of drug-likeness (QED) is 0.549. The van der Waals surface area contributed by atoms with Gasteiger partial charge in [0.05, 0.1) is 27.5 Å². The first-order chi connectivity index (χ1) is 10.2. The summed E-state index contributed by atoms with van der Waals surface area (Å²) in [7, 11) is 4.79. The van der Waals surface area contributed by atoms with Crippen LogP contribution in [0.25, 0.3) is 0 Å². The molecule has 6 heteroatoms. The Morgan fingerprint density at radius 3 is 2.24 bits per heavy atom. The zero-order valence-corrected chi connectivity index (χ0v) is 14.2. The lowest BCUT2D eigenvalue weighted by atomic mass is 10.2. The first-order valence-corrected chi connectivity index (χ1v) is 7.29. The molecule has 0 atom stereocenters. The number of pyridine rings is 1. The van der Waals surface area contributed by atoms with Gasteiger partial charge in [0.15, 0.2) is 11.5 Å². The van der Waals surface area contributed by atoms with E-state index >= 15 is 0 Å². The Bertz CT molecular complexity index is 601. The standard InChI is InChI=1S/C15H16INO4/c1-18-11-6-4-10(5-7-11)9-21-13-12(19-2)8-17-15(16)14(13)20-3/h4-8H,9H2,1-3H3. The van der Waals surface area contributed by atoms with Crippen LogP contribution in [-0.4, -0.2) is 26.3 Å². The molecule has 0 unspecified atom stereocenters. The molecule has 1 aromatic carbocycles. The number of rotatable bonds is 6. The molecule has 0 bridgehead atoms. The summed E-state index contributed by atoms with van der Waals surface area (Å²) in [5, 5.41) is 0. The molecule has 1 heterocycles. The van der Waals surface area contributed by atoms with Gasteiger partial charge in [0.2, 0.25) is 5.75 Å². The van der Waals surface area contributed by atoms with Crippen molar-refractivity contribution in [1.29, 1.82) is 0 Å². The molecule has 0 saturated carbocycles. The Labute approximate surface area is 137 Å². The van der Waals surface area contributed by atoms with E-state index in [1.807, 2.05) is 24.3 Å². The van der Waals surface area contributed by atoms with Crippen LogP contribution in [0.2, 0.25) is 0 Å². The van der Waals surface area contributed by atoms with Crippen molar-refractivity contribution in [2.24, 2.45) is 0 Å². The van der Waals surface area contributed by atoms with Gasteiger partial charge < -0.3 is 18.9 Å². The summed E-state index contributed by atoms with van der Waals surface area (Å²) in [4.78, 5) is 4.20. The van der Waals surface area contributed by atoms with Gasteiger partial charge in [0, 0.05) is 0 Å². The van der Waals surface area contributed by atoms with Crippen molar-refractivity contribution in [3.05, 3.63) is 39.7 Å². The molecule has 0 saturated heterocycles. The number of methoxy groups -OCH3 is 3. The molecule has 0 fully saturated rings. The topological polar surface area (TPSA) is 49.8 Å². The monoisotopic (exact) mass is 401 g/mol. The first kappa shape index (κ1) is 15.7. The molecular weight excluding hydrogens is 385 g/mol. The zero-order chi connectivity index (χ0) is 15.2. The molecular formula is C15H16INO4. The van der Waals surface area contributed by atoms with Crippen LogP contribution in [0.1, 0.15) is 5.56 Å². The fourth-order valence-corrected chi connectivity index (χ4v) is 2.38. The fourth-order valence-electron chi connectivity index (χ4n) is 1.77. The molecule has 2 rings (SSSR count). The lowest BCUT2D eigenvalue weighted by Gasteiger charge is -2.15. The van der Waals surface area contributed by atoms with Crippen LogP contribution in [0, 0.1) is 3.70 Å². The van der Waals surface area contributed by atoms with Crippen molar-refractivity contribution >= 4 is 22.6 Å². The summed E-state index contributed by atoms with van der Waals surface area (Å²) in [6.45, 7) is 0.400. The Morgan fingerprint density at radius 2 is 1.67 bits per heavy atom. The SMILES string of the molecule is COc1ccc(COc2c(OC)cnc(I)c2OC)cc1.